The SMILES string of the molecule is CCC(C)(C)c1ccc(OCCCCN(Cc2ccccc2OC)C(=O)c2ccc([N+](=O)[O-])cc2Cl)c(C(C)(C)CC)c1. The summed E-state index contributed by atoms with van der Waals surface area (Å²) < 4.78 is 11.9. The number of hydrogen-bond donors (Lipinski definition) is 0. The maximum atomic E-state index is 13.7. The molecule has 0 heterocycles. The zero-order valence-electron chi connectivity index (χ0n) is 26.5. The smallest absolute Gasteiger partial charge is 0.270 e. The number of hydrogen-bond acceptors (Lipinski definition) is 5. The number of halogens is 1. The lowest BCUT2D eigenvalue weighted by Gasteiger charge is -2.30. The number of rotatable bonds is 15. The molecule has 1 amide bonds. The molecule has 0 saturated carbocycles. The maximum Gasteiger partial charge on any atom is 0.270 e. The number of amides is 1. The van der Waals surface area contributed by atoms with Gasteiger partial charge in [0, 0.05) is 36.3 Å². The van der Waals surface area contributed by atoms with E-state index < -0.39 is 4.92 Å². The highest BCUT2D eigenvalue weighted by Crippen LogP contribution is 2.38. The quantitative estimate of drug-likeness (QED) is 0.0976. The summed E-state index contributed by atoms with van der Waals surface area (Å²) in [4.78, 5) is 26.0. The van der Waals surface area contributed by atoms with Gasteiger partial charge in [-0.15, -0.1) is 0 Å². The first kappa shape index (κ1) is 33.9. The van der Waals surface area contributed by atoms with Crippen molar-refractivity contribution in [3.8, 4) is 11.5 Å². The fraction of sp³-hybridized carbons (Fsp3) is 0.457. The molecule has 0 bridgehead atoms. The lowest BCUT2D eigenvalue weighted by atomic mass is 9.76. The van der Waals surface area contributed by atoms with E-state index in [2.05, 4.69) is 59.7 Å². The lowest BCUT2D eigenvalue weighted by Crippen LogP contribution is -2.32. The summed E-state index contributed by atoms with van der Waals surface area (Å²) in [6.07, 6.45) is 3.47. The summed E-state index contributed by atoms with van der Waals surface area (Å²) >= 11 is 6.34. The predicted molar refractivity (Wildman–Crippen MR) is 174 cm³/mol. The van der Waals surface area contributed by atoms with Crippen LogP contribution in [0.4, 0.5) is 5.69 Å². The highest BCUT2D eigenvalue weighted by Gasteiger charge is 2.27. The number of methoxy groups -OCH3 is 1. The van der Waals surface area contributed by atoms with Crippen LogP contribution in [0.15, 0.2) is 60.7 Å². The van der Waals surface area contributed by atoms with Crippen LogP contribution >= 0.6 is 11.6 Å². The third kappa shape index (κ3) is 8.50. The zero-order chi connectivity index (χ0) is 31.8. The summed E-state index contributed by atoms with van der Waals surface area (Å²) in [5, 5.41) is 11.2. The first-order valence-electron chi connectivity index (χ1n) is 15.0. The molecule has 0 aromatic heterocycles. The predicted octanol–water partition coefficient (Wildman–Crippen LogP) is 9.13. The molecule has 0 saturated heterocycles. The molecule has 0 aliphatic heterocycles. The number of nitro groups is 1. The molecule has 3 aromatic carbocycles. The Balaban J connectivity index is 1.76. The van der Waals surface area contributed by atoms with Crippen LogP contribution in [-0.2, 0) is 17.4 Å². The average molecular weight is 609 g/mol. The molecule has 232 valence electrons. The monoisotopic (exact) mass is 608 g/mol. The Hall–Kier alpha value is -3.58. The minimum atomic E-state index is -0.530. The summed E-state index contributed by atoms with van der Waals surface area (Å²) in [7, 11) is 1.60. The van der Waals surface area contributed by atoms with Gasteiger partial charge in [-0.05, 0) is 60.3 Å². The topological polar surface area (TPSA) is 81.9 Å². The molecular weight excluding hydrogens is 564 g/mol. The Morgan fingerprint density at radius 3 is 2.26 bits per heavy atom. The molecule has 43 heavy (non-hydrogen) atoms. The van der Waals surface area contributed by atoms with Gasteiger partial charge in [0.25, 0.3) is 11.6 Å². The van der Waals surface area contributed by atoms with E-state index in [9.17, 15) is 14.9 Å². The summed E-state index contributed by atoms with van der Waals surface area (Å²) in [5.74, 6) is 1.29. The van der Waals surface area contributed by atoms with Crippen LogP contribution in [0.3, 0.4) is 0 Å². The van der Waals surface area contributed by atoms with Crippen molar-refractivity contribution in [1.29, 1.82) is 0 Å². The van der Waals surface area contributed by atoms with Crippen molar-refractivity contribution in [3.05, 3.63) is 98.1 Å². The molecule has 0 atom stereocenters. The number of para-hydroxylation sites is 1. The summed E-state index contributed by atoms with van der Waals surface area (Å²) in [5.41, 5.74) is 3.50. The minimum Gasteiger partial charge on any atom is -0.496 e. The molecule has 3 aromatic rings. The van der Waals surface area contributed by atoms with Crippen molar-refractivity contribution in [1.82, 2.24) is 4.90 Å². The molecular formula is C35H45ClN2O5. The van der Waals surface area contributed by atoms with Gasteiger partial charge in [-0.2, -0.15) is 0 Å². The Morgan fingerprint density at radius 1 is 0.930 bits per heavy atom. The van der Waals surface area contributed by atoms with Gasteiger partial charge in [0.15, 0.2) is 0 Å². The molecule has 0 spiro atoms. The fourth-order valence-electron chi connectivity index (χ4n) is 4.84. The molecule has 7 nitrogen and oxygen atoms in total. The van der Waals surface area contributed by atoms with Gasteiger partial charge >= 0.3 is 0 Å². The van der Waals surface area contributed by atoms with Gasteiger partial charge in [0.1, 0.15) is 11.5 Å². The third-order valence-electron chi connectivity index (χ3n) is 8.57. The molecule has 0 unspecified atom stereocenters. The van der Waals surface area contributed by atoms with Crippen molar-refractivity contribution in [2.45, 2.75) is 84.6 Å². The lowest BCUT2D eigenvalue weighted by molar-refractivity contribution is -0.384. The van der Waals surface area contributed by atoms with E-state index in [1.54, 1.807) is 12.0 Å². The maximum absolute atomic E-state index is 13.7. The second-order valence-corrected chi connectivity index (χ2v) is 12.6. The number of ether oxygens (including phenoxy) is 2. The van der Waals surface area contributed by atoms with Gasteiger partial charge in [0.2, 0.25) is 0 Å². The number of nitrogens with zero attached hydrogens (tertiary/aromatic N) is 2. The van der Waals surface area contributed by atoms with Crippen molar-refractivity contribution in [2.75, 3.05) is 20.3 Å². The second-order valence-electron chi connectivity index (χ2n) is 12.2. The van der Waals surface area contributed by atoms with Gasteiger partial charge in [0.05, 0.1) is 29.2 Å². The molecule has 0 aliphatic rings. The Kier molecular flexibility index (Phi) is 11.6. The summed E-state index contributed by atoms with van der Waals surface area (Å²) in [6, 6.07) is 18.1. The van der Waals surface area contributed by atoms with Crippen LogP contribution < -0.4 is 9.47 Å². The molecule has 3 rings (SSSR count). The molecule has 0 aliphatic carbocycles. The van der Waals surface area contributed by atoms with Crippen LogP contribution in [-0.4, -0.2) is 36.0 Å². The van der Waals surface area contributed by atoms with E-state index in [1.807, 2.05) is 24.3 Å². The largest absolute Gasteiger partial charge is 0.496 e. The van der Waals surface area contributed by atoms with Crippen molar-refractivity contribution in [2.24, 2.45) is 0 Å². The van der Waals surface area contributed by atoms with Gasteiger partial charge in [-0.25, -0.2) is 0 Å². The fourth-order valence-corrected chi connectivity index (χ4v) is 5.10. The van der Waals surface area contributed by atoms with E-state index in [4.69, 9.17) is 21.1 Å². The minimum absolute atomic E-state index is 0.0306. The van der Waals surface area contributed by atoms with Gasteiger partial charge in [-0.3, -0.25) is 14.9 Å². The summed E-state index contributed by atoms with van der Waals surface area (Å²) in [6.45, 7) is 14.7. The highest BCUT2D eigenvalue weighted by molar-refractivity contribution is 6.34. The second kappa shape index (κ2) is 14.7. The molecule has 0 N–H and O–H groups in total. The van der Waals surface area contributed by atoms with Crippen LogP contribution in [0.25, 0.3) is 0 Å². The number of unbranched alkanes of at least 4 members (excludes halogenated alkanes) is 1. The average Bonchev–Trinajstić information content (AvgIpc) is 2.99. The highest BCUT2D eigenvalue weighted by atomic mass is 35.5. The molecule has 0 fully saturated rings. The van der Waals surface area contributed by atoms with E-state index in [0.717, 1.165) is 30.6 Å². The van der Waals surface area contributed by atoms with Crippen LogP contribution in [0.1, 0.15) is 94.3 Å². The number of nitro benzene ring substituents is 1. The normalized spacial score (nSPS) is 11.7. The van der Waals surface area contributed by atoms with E-state index in [-0.39, 0.29) is 33.0 Å². The van der Waals surface area contributed by atoms with E-state index >= 15 is 0 Å². The van der Waals surface area contributed by atoms with Crippen LogP contribution in [0, 0.1) is 10.1 Å². The van der Waals surface area contributed by atoms with Gasteiger partial charge in [-0.1, -0.05) is 83.5 Å². The van der Waals surface area contributed by atoms with Gasteiger partial charge < -0.3 is 14.4 Å². The standard InChI is InChI=1S/C35H45ClN2O5/c1-8-34(3,4)26-16-19-32(29(22-26)35(5,6)9-2)43-21-13-12-20-37(24-25-14-10-11-15-31(25)42-7)33(39)28-18-17-27(38(40)41)23-30(28)36/h10-11,14-19,22-23H,8-9,12-13,20-21,24H2,1-7H3. The van der Waals surface area contributed by atoms with Crippen LogP contribution in [0.2, 0.25) is 5.02 Å². The first-order chi connectivity index (χ1) is 20.3. The molecule has 0 radical (unpaired) electrons. The van der Waals surface area contributed by atoms with Crippen LogP contribution in [0.5, 0.6) is 11.5 Å². The Bertz CT molecular complexity index is 1420. The van der Waals surface area contributed by atoms with Crippen molar-refractivity contribution in [3.63, 3.8) is 0 Å². The van der Waals surface area contributed by atoms with E-state index in [1.165, 1.54) is 29.3 Å². The van der Waals surface area contributed by atoms with Crippen molar-refractivity contribution < 1.29 is 19.2 Å². The molecule has 8 heteroatoms. The van der Waals surface area contributed by atoms with E-state index in [0.29, 0.717) is 31.9 Å². The van der Waals surface area contributed by atoms with Crippen molar-refractivity contribution >= 4 is 23.2 Å². The number of non-ortho nitro benzene ring substituents is 1. The Morgan fingerprint density at radius 2 is 1.63 bits per heavy atom. The zero-order valence-corrected chi connectivity index (χ0v) is 27.3. The Labute approximate surface area is 261 Å². The number of carbonyl (C=O) groups excluding carboxylic acids is 1. The number of carbonyl (C=O) groups is 1. The third-order valence-corrected chi connectivity index (χ3v) is 8.89. The first-order valence-corrected chi connectivity index (χ1v) is 15.3. The number of benzene rings is 3.